The lowest BCUT2D eigenvalue weighted by atomic mass is 10.1. The molecule has 0 saturated carbocycles. The number of hydrogen-bond donors (Lipinski definition) is 1. The van der Waals surface area contributed by atoms with Crippen LogP contribution in [0.5, 0.6) is 0 Å². The summed E-state index contributed by atoms with van der Waals surface area (Å²) in [4.78, 5) is 5.38. The van der Waals surface area contributed by atoms with Crippen LogP contribution in [-0.2, 0) is 0 Å². The van der Waals surface area contributed by atoms with E-state index in [0.717, 1.165) is 18.6 Å². The van der Waals surface area contributed by atoms with Gasteiger partial charge in [-0.25, -0.2) is 0 Å². The number of likely N-dealkylation sites (tertiary alicyclic amines) is 2. The zero-order valence-corrected chi connectivity index (χ0v) is 10.7. The van der Waals surface area contributed by atoms with Gasteiger partial charge in [-0.15, -0.1) is 0 Å². The van der Waals surface area contributed by atoms with Gasteiger partial charge in [0.1, 0.15) is 0 Å². The van der Waals surface area contributed by atoms with Crippen molar-refractivity contribution in [3.63, 3.8) is 0 Å². The average Bonchev–Trinajstić information content (AvgIpc) is 2.95. The van der Waals surface area contributed by atoms with E-state index in [1.165, 1.54) is 58.3 Å². The summed E-state index contributed by atoms with van der Waals surface area (Å²) in [5.74, 6) is 0. The van der Waals surface area contributed by atoms with Crippen molar-refractivity contribution < 1.29 is 0 Å². The maximum Gasteiger partial charge on any atom is 0.0235 e. The maximum atomic E-state index is 5.69. The molecule has 0 spiro atoms. The van der Waals surface area contributed by atoms with Gasteiger partial charge in [-0.05, 0) is 51.7 Å². The van der Waals surface area contributed by atoms with Crippen LogP contribution in [0.25, 0.3) is 0 Å². The molecule has 0 aliphatic carbocycles. The monoisotopic (exact) mass is 225 g/mol. The largest absolute Gasteiger partial charge is 0.330 e. The van der Waals surface area contributed by atoms with Crippen LogP contribution in [-0.4, -0.2) is 54.6 Å². The molecular formula is C13H27N3. The van der Waals surface area contributed by atoms with Crippen molar-refractivity contribution in [3.8, 4) is 0 Å². The molecule has 3 heteroatoms. The molecule has 0 bridgehead atoms. The predicted molar refractivity (Wildman–Crippen MR) is 68.5 cm³/mol. The average molecular weight is 225 g/mol. The highest BCUT2D eigenvalue weighted by atomic mass is 15.3. The van der Waals surface area contributed by atoms with Crippen molar-refractivity contribution in [1.29, 1.82) is 0 Å². The molecule has 2 aliphatic rings. The molecule has 0 aromatic carbocycles. The molecule has 2 unspecified atom stereocenters. The van der Waals surface area contributed by atoms with Gasteiger partial charge in [0.2, 0.25) is 0 Å². The molecule has 3 nitrogen and oxygen atoms in total. The fourth-order valence-corrected chi connectivity index (χ4v) is 3.34. The SMILES string of the molecule is CCC(CCN)N1CCC(N2CCCC2)C1. The molecule has 2 heterocycles. The minimum atomic E-state index is 0.734. The van der Waals surface area contributed by atoms with Crippen molar-refractivity contribution in [2.75, 3.05) is 32.7 Å². The lowest BCUT2D eigenvalue weighted by molar-refractivity contribution is 0.190. The highest BCUT2D eigenvalue weighted by Gasteiger charge is 2.31. The Morgan fingerprint density at radius 1 is 1.25 bits per heavy atom. The van der Waals surface area contributed by atoms with E-state index in [9.17, 15) is 0 Å². The van der Waals surface area contributed by atoms with E-state index in [2.05, 4.69) is 16.7 Å². The zero-order chi connectivity index (χ0) is 11.4. The summed E-state index contributed by atoms with van der Waals surface area (Å²) in [6, 6.07) is 1.58. The van der Waals surface area contributed by atoms with E-state index >= 15 is 0 Å². The number of rotatable bonds is 5. The summed E-state index contributed by atoms with van der Waals surface area (Å²) in [6.45, 7) is 8.39. The molecule has 0 amide bonds. The molecule has 16 heavy (non-hydrogen) atoms. The fourth-order valence-electron chi connectivity index (χ4n) is 3.34. The second-order valence-corrected chi connectivity index (χ2v) is 5.32. The highest BCUT2D eigenvalue weighted by Crippen LogP contribution is 2.23. The van der Waals surface area contributed by atoms with Gasteiger partial charge in [0, 0.05) is 25.2 Å². The first-order valence-corrected chi connectivity index (χ1v) is 7.03. The number of nitrogens with zero attached hydrogens (tertiary/aromatic N) is 2. The summed E-state index contributed by atoms with van der Waals surface area (Å²) in [5, 5.41) is 0. The summed E-state index contributed by atoms with van der Waals surface area (Å²) in [7, 11) is 0. The Morgan fingerprint density at radius 3 is 2.62 bits per heavy atom. The Labute approximate surface area is 100.0 Å². The van der Waals surface area contributed by atoms with Crippen LogP contribution in [0.4, 0.5) is 0 Å². The minimum Gasteiger partial charge on any atom is -0.330 e. The first-order valence-electron chi connectivity index (χ1n) is 7.03. The summed E-state index contributed by atoms with van der Waals surface area (Å²) in [6.07, 6.45) is 6.63. The summed E-state index contributed by atoms with van der Waals surface area (Å²) >= 11 is 0. The normalized spacial score (nSPS) is 30.0. The van der Waals surface area contributed by atoms with Crippen LogP contribution >= 0.6 is 0 Å². The van der Waals surface area contributed by atoms with Crippen LogP contribution in [0.1, 0.15) is 39.0 Å². The van der Waals surface area contributed by atoms with Gasteiger partial charge in [0.05, 0.1) is 0 Å². The minimum absolute atomic E-state index is 0.734. The molecule has 2 saturated heterocycles. The smallest absolute Gasteiger partial charge is 0.0235 e. The molecule has 2 rings (SSSR count). The Morgan fingerprint density at radius 2 is 2.00 bits per heavy atom. The standard InChI is InChI=1S/C13H27N3/c1-2-12(5-7-14)16-10-6-13(11-16)15-8-3-4-9-15/h12-13H,2-11,14H2,1H3. The maximum absolute atomic E-state index is 5.69. The second kappa shape index (κ2) is 5.99. The topological polar surface area (TPSA) is 32.5 Å². The molecule has 0 aromatic heterocycles. The van der Waals surface area contributed by atoms with Crippen LogP contribution in [0.15, 0.2) is 0 Å². The van der Waals surface area contributed by atoms with Gasteiger partial charge in [0.25, 0.3) is 0 Å². The van der Waals surface area contributed by atoms with Gasteiger partial charge < -0.3 is 5.73 Å². The summed E-state index contributed by atoms with van der Waals surface area (Å²) in [5.41, 5.74) is 5.69. The Hall–Kier alpha value is -0.120. The van der Waals surface area contributed by atoms with E-state index in [1.54, 1.807) is 0 Å². The Bertz CT molecular complexity index is 201. The quantitative estimate of drug-likeness (QED) is 0.765. The molecule has 2 atom stereocenters. The molecule has 0 aromatic rings. The third-order valence-corrected chi connectivity index (χ3v) is 4.34. The van der Waals surface area contributed by atoms with Crippen LogP contribution < -0.4 is 5.73 Å². The summed E-state index contributed by atoms with van der Waals surface area (Å²) < 4.78 is 0. The van der Waals surface area contributed by atoms with E-state index in [1.807, 2.05) is 0 Å². The van der Waals surface area contributed by atoms with Gasteiger partial charge >= 0.3 is 0 Å². The van der Waals surface area contributed by atoms with Gasteiger partial charge in [-0.2, -0.15) is 0 Å². The zero-order valence-electron chi connectivity index (χ0n) is 10.7. The van der Waals surface area contributed by atoms with Gasteiger partial charge in [-0.3, -0.25) is 9.80 Å². The molecule has 94 valence electrons. The van der Waals surface area contributed by atoms with Crippen molar-refractivity contribution >= 4 is 0 Å². The van der Waals surface area contributed by atoms with Crippen molar-refractivity contribution in [3.05, 3.63) is 0 Å². The lowest BCUT2D eigenvalue weighted by Crippen LogP contribution is -2.39. The molecule has 0 radical (unpaired) electrons. The van der Waals surface area contributed by atoms with Crippen molar-refractivity contribution in [2.24, 2.45) is 5.73 Å². The first-order chi connectivity index (χ1) is 7.85. The second-order valence-electron chi connectivity index (χ2n) is 5.32. The lowest BCUT2D eigenvalue weighted by Gasteiger charge is -2.28. The van der Waals surface area contributed by atoms with E-state index in [4.69, 9.17) is 5.73 Å². The molecule has 2 fully saturated rings. The van der Waals surface area contributed by atoms with Crippen molar-refractivity contribution in [1.82, 2.24) is 9.80 Å². The number of nitrogens with two attached hydrogens (primary N) is 1. The van der Waals surface area contributed by atoms with Gasteiger partial charge in [-0.1, -0.05) is 6.92 Å². The highest BCUT2D eigenvalue weighted by molar-refractivity contribution is 4.88. The van der Waals surface area contributed by atoms with E-state index in [-0.39, 0.29) is 0 Å². The van der Waals surface area contributed by atoms with E-state index < -0.39 is 0 Å². The first kappa shape index (κ1) is 12.3. The third kappa shape index (κ3) is 2.76. The predicted octanol–water partition coefficient (Wildman–Crippen LogP) is 1.28. The Kier molecular flexibility index (Phi) is 4.62. The van der Waals surface area contributed by atoms with Crippen molar-refractivity contribution in [2.45, 2.75) is 51.1 Å². The molecular weight excluding hydrogens is 198 g/mol. The third-order valence-electron chi connectivity index (χ3n) is 4.34. The Balaban J connectivity index is 1.81. The molecule has 2 aliphatic heterocycles. The van der Waals surface area contributed by atoms with Gasteiger partial charge in [0.15, 0.2) is 0 Å². The fraction of sp³-hybridized carbons (Fsp3) is 1.00. The van der Waals surface area contributed by atoms with Crippen LogP contribution in [0.2, 0.25) is 0 Å². The van der Waals surface area contributed by atoms with Crippen LogP contribution in [0, 0.1) is 0 Å². The number of hydrogen-bond acceptors (Lipinski definition) is 3. The molecule has 2 N–H and O–H groups in total. The van der Waals surface area contributed by atoms with Crippen LogP contribution in [0.3, 0.4) is 0 Å². The van der Waals surface area contributed by atoms with E-state index in [0.29, 0.717) is 0 Å².